The first kappa shape index (κ1) is 15.9. The minimum absolute atomic E-state index is 0.392. The van der Waals surface area contributed by atoms with Crippen molar-refractivity contribution in [3.8, 4) is 0 Å². The van der Waals surface area contributed by atoms with Gasteiger partial charge in [-0.2, -0.15) is 0 Å². The number of piperidine rings is 1. The molecule has 3 unspecified atom stereocenters. The highest BCUT2D eigenvalue weighted by Gasteiger charge is 2.29. The number of likely N-dealkylation sites (tertiary alicyclic amines) is 1. The van der Waals surface area contributed by atoms with Gasteiger partial charge in [0.15, 0.2) is 0 Å². The molecular formula is C15H32N2O. The van der Waals surface area contributed by atoms with E-state index in [1.807, 2.05) is 7.11 Å². The Hall–Kier alpha value is -0.120. The molecule has 1 rings (SSSR count). The summed E-state index contributed by atoms with van der Waals surface area (Å²) in [7, 11) is 1.84. The Morgan fingerprint density at radius 1 is 1.33 bits per heavy atom. The van der Waals surface area contributed by atoms with Crippen LogP contribution in [0, 0.1) is 5.92 Å². The molecule has 3 nitrogen and oxygen atoms in total. The van der Waals surface area contributed by atoms with Crippen LogP contribution in [0.4, 0.5) is 0 Å². The molecule has 0 spiro atoms. The number of rotatable bonds is 8. The largest absolute Gasteiger partial charge is 0.380 e. The van der Waals surface area contributed by atoms with Crippen LogP contribution in [-0.2, 0) is 4.74 Å². The molecule has 0 amide bonds. The highest BCUT2D eigenvalue weighted by molar-refractivity contribution is 4.83. The second-order valence-electron chi connectivity index (χ2n) is 5.77. The molecule has 3 atom stereocenters. The highest BCUT2D eigenvalue weighted by atomic mass is 16.5. The fraction of sp³-hybridized carbons (Fsp3) is 1.00. The van der Waals surface area contributed by atoms with Gasteiger partial charge in [0.1, 0.15) is 0 Å². The van der Waals surface area contributed by atoms with E-state index >= 15 is 0 Å². The normalized spacial score (nSPS) is 27.3. The van der Waals surface area contributed by atoms with Crippen molar-refractivity contribution in [2.75, 3.05) is 26.7 Å². The van der Waals surface area contributed by atoms with E-state index in [4.69, 9.17) is 10.5 Å². The van der Waals surface area contributed by atoms with Gasteiger partial charge in [-0.25, -0.2) is 0 Å². The number of nitrogens with two attached hydrogens (primary N) is 1. The van der Waals surface area contributed by atoms with Crippen LogP contribution in [0.3, 0.4) is 0 Å². The van der Waals surface area contributed by atoms with E-state index in [1.165, 1.54) is 45.1 Å². The van der Waals surface area contributed by atoms with Crippen LogP contribution in [0.2, 0.25) is 0 Å². The first-order valence-corrected chi connectivity index (χ1v) is 7.69. The third kappa shape index (κ3) is 4.87. The first-order chi connectivity index (χ1) is 8.72. The van der Waals surface area contributed by atoms with Crippen molar-refractivity contribution in [2.45, 2.75) is 64.5 Å². The molecular weight excluding hydrogens is 224 g/mol. The Balaban J connectivity index is 2.35. The molecule has 0 aromatic rings. The van der Waals surface area contributed by atoms with Gasteiger partial charge in [0.05, 0.1) is 6.10 Å². The molecule has 1 saturated heterocycles. The van der Waals surface area contributed by atoms with Crippen LogP contribution in [0.15, 0.2) is 0 Å². The fourth-order valence-electron chi connectivity index (χ4n) is 2.95. The lowest BCUT2D eigenvalue weighted by Gasteiger charge is -2.40. The van der Waals surface area contributed by atoms with Gasteiger partial charge in [-0.3, -0.25) is 4.90 Å². The Morgan fingerprint density at radius 2 is 2.11 bits per heavy atom. The van der Waals surface area contributed by atoms with Gasteiger partial charge in [0.2, 0.25) is 0 Å². The van der Waals surface area contributed by atoms with Crippen molar-refractivity contribution >= 4 is 0 Å². The zero-order valence-corrected chi connectivity index (χ0v) is 12.5. The molecule has 2 N–H and O–H groups in total. The van der Waals surface area contributed by atoms with Crippen LogP contribution in [0.1, 0.15) is 52.4 Å². The molecule has 0 radical (unpaired) electrons. The Labute approximate surface area is 113 Å². The van der Waals surface area contributed by atoms with E-state index < -0.39 is 0 Å². The fourth-order valence-corrected chi connectivity index (χ4v) is 2.95. The summed E-state index contributed by atoms with van der Waals surface area (Å²) < 4.78 is 5.59. The first-order valence-electron chi connectivity index (χ1n) is 7.69. The Morgan fingerprint density at radius 3 is 2.72 bits per heavy atom. The average Bonchev–Trinajstić information content (AvgIpc) is 2.40. The molecule has 1 aliphatic heterocycles. The predicted octanol–water partition coefficient (Wildman–Crippen LogP) is 2.64. The minimum atomic E-state index is 0.392. The van der Waals surface area contributed by atoms with Crippen LogP contribution in [-0.4, -0.2) is 43.8 Å². The van der Waals surface area contributed by atoms with Gasteiger partial charge in [-0.05, 0) is 25.3 Å². The second kappa shape index (κ2) is 8.89. The SMILES string of the molecule is CCCCCCC(CN)N1CCC(C)C(OC)C1. The molecule has 18 heavy (non-hydrogen) atoms. The summed E-state index contributed by atoms with van der Waals surface area (Å²) in [6.07, 6.45) is 8.22. The van der Waals surface area contributed by atoms with Gasteiger partial charge in [0.25, 0.3) is 0 Å². The number of hydrogen-bond donors (Lipinski definition) is 1. The summed E-state index contributed by atoms with van der Waals surface area (Å²) in [6.45, 7) is 7.60. The molecule has 108 valence electrons. The predicted molar refractivity (Wildman–Crippen MR) is 77.8 cm³/mol. The maximum Gasteiger partial charge on any atom is 0.0724 e. The van der Waals surface area contributed by atoms with Crippen molar-refractivity contribution in [1.29, 1.82) is 0 Å². The quantitative estimate of drug-likeness (QED) is 0.679. The number of hydrogen-bond acceptors (Lipinski definition) is 3. The zero-order chi connectivity index (χ0) is 13.4. The lowest BCUT2D eigenvalue weighted by molar-refractivity contribution is -0.0192. The Bertz CT molecular complexity index is 211. The lowest BCUT2D eigenvalue weighted by atomic mass is 9.93. The average molecular weight is 256 g/mol. The van der Waals surface area contributed by atoms with Crippen LogP contribution in [0.5, 0.6) is 0 Å². The second-order valence-corrected chi connectivity index (χ2v) is 5.77. The van der Waals surface area contributed by atoms with E-state index in [9.17, 15) is 0 Å². The van der Waals surface area contributed by atoms with Crippen LogP contribution >= 0.6 is 0 Å². The highest BCUT2D eigenvalue weighted by Crippen LogP contribution is 2.22. The van der Waals surface area contributed by atoms with E-state index in [1.54, 1.807) is 0 Å². The maximum absolute atomic E-state index is 5.96. The summed E-state index contributed by atoms with van der Waals surface area (Å²) in [5.74, 6) is 0.685. The molecule has 1 heterocycles. The van der Waals surface area contributed by atoms with Gasteiger partial charge >= 0.3 is 0 Å². The van der Waals surface area contributed by atoms with Gasteiger partial charge in [-0.15, -0.1) is 0 Å². The van der Waals surface area contributed by atoms with Crippen LogP contribution < -0.4 is 5.73 Å². The summed E-state index contributed by atoms with van der Waals surface area (Å²) in [4.78, 5) is 2.56. The molecule has 0 aromatic heterocycles. The standard InChI is InChI=1S/C15H32N2O/c1-4-5-6-7-8-14(11-16)17-10-9-13(2)15(12-17)18-3/h13-15H,4-12,16H2,1-3H3. The monoisotopic (exact) mass is 256 g/mol. The zero-order valence-electron chi connectivity index (χ0n) is 12.5. The minimum Gasteiger partial charge on any atom is -0.380 e. The molecule has 3 heteroatoms. The molecule has 0 saturated carbocycles. The third-order valence-corrected chi connectivity index (χ3v) is 4.40. The van der Waals surface area contributed by atoms with E-state index in [0.29, 0.717) is 18.1 Å². The number of ether oxygens (including phenoxy) is 1. The smallest absolute Gasteiger partial charge is 0.0724 e. The van der Waals surface area contributed by atoms with Gasteiger partial charge in [-0.1, -0.05) is 39.5 Å². The van der Waals surface area contributed by atoms with Crippen molar-refractivity contribution in [2.24, 2.45) is 11.7 Å². The Kier molecular flexibility index (Phi) is 7.87. The van der Waals surface area contributed by atoms with Gasteiger partial charge in [0, 0.05) is 26.2 Å². The summed E-state index contributed by atoms with van der Waals surface area (Å²) >= 11 is 0. The van der Waals surface area contributed by atoms with Crippen LogP contribution in [0.25, 0.3) is 0 Å². The maximum atomic E-state index is 5.96. The van der Waals surface area contributed by atoms with E-state index in [2.05, 4.69) is 18.7 Å². The molecule has 0 bridgehead atoms. The number of nitrogens with zero attached hydrogens (tertiary/aromatic N) is 1. The molecule has 1 aliphatic rings. The van der Waals surface area contributed by atoms with Crippen molar-refractivity contribution < 1.29 is 4.74 Å². The van der Waals surface area contributed by atoms with E-state index in [0.717, 1.165) is 13.1 Å². The lowest BCUT2D eigenvalue weighted by Crippen LogP contribution is -2.50. The third-order valence-electron chi connectivity index (χ3n) is 4.40. The van der Waals surface area contributed by atoms with Crippen molar-refractivity contribution in [1.82, 2.24) is 4.90 Å². The molecule has 0 aliphatic carbocycles. The number of methoxy groups -OCH3 is 1. The molecule has 0 aromatic carbocycles. The van der Waals surface area contributed by atoms with Crippen molar-refractivity contribution in [3.05, 3.63) is 0 Å². The topological polar surface area (TPSA) is 38.5 Å². The van der Waals surface area contributed by atoms with E-state index in [-0.39, 0.29) is 0 Å². The summed E-state index contributed by atoms with van der Waals surface area (Å²) in [5.41, 5.74) is 5.96. The summed E-state index contributed by atoms with van der Waals surface area (Å²) in [5, 5.41) is 0. The molecule has 1 fully saturated rings. The van der Waals surface area contributed by atoms with Crippen molar-refractivity contribution in [3.63, 3.8) is 0 Å². The summed E-state index contributed by atoms with van der Waals surface area (Å²) in [6, 6.07) is 0.562. The number of unbranched alkanes of at least 4 members (excludes halogenated alkanes) is 3. The van der Waals surface area contributed by atoms with Gasteiger partial charge < -0.3 is 10.5 Å².